The number of halogens is 4. The Balaban J connectivity index is 2.31. The van der Waals surface area contributed by atoms with Gasteiger partial charge in [0.25, 0.3) is 0 Å². The molecule has 0 saturated carbocycles. The Kier molecular flexibility index (Phi) is 6.19. The van der Waals surface area contributed by atoms with Crippen LogP contribution < -0.4 is 10.2 Å². The largest absolute Gasteiger partial charge is 0.416 e. The molecule has 27 heavy (non-hydrogen) atoms. The molecule has 1 atom stereocenters. The van der Waals surface area contributed by atoms with Crippen molar-refractivity contribution in [2.45, 2.75) is 23.5 Å². The highest BCUT2D eigenvalue weighted by Gasteiger charge is 2.31. The molecule has 1 amide bonds. The second-order valence-corrected chi connectivity index (χ2v) is 7.20. The number of carbonyl (C=O) groups excluding carboxylic acids is 1. The molecule has 2 rings (SSSR count). The molecule has 0 aliphatic carbocycles. The van der Waals surface area contributed by atoms with Crippen molar-refractivity contribution in [2.24, 2.45) is 0 Å². The number of carbonyl (C=O) groups is 1. The monoisotopic (exact) mass is 406 g/mol. The highest BCUT2D eigenvalue weighted by atomic mass is 32.2. The van der Waals surface area contributed by atoms with Crippen molar-refractivity contribution in [1.29, 1.82) is 0 Å². The molecule has 0 fully saturated rings. The summed E-state index contributed by atoms with van der Waals surface area (Å²) in [6, 6.07) is 6.16. The van der Waals surface area contributed by atoms with Gasteiger partial charge in [0.15, 0.2) is 0 Å². The van der Waals surface area contributed by atoms with Crippen molar-refractivity contribution >= 4 is 15.9 Å². The molecule has 2 aromatic rings. The second kappa shape index (κ2) is 8.03. The molecule has 0 radical (unpaired) electrons. The summed E-state index contributed by atoms with van der Waals surface area (Å²) in [5, 5.41) is 8.65. The Morgan fingerprint density at radius 3 is 2.07 bits per heavy atom. The summed E-state index contributed by atoms with van der Waals surface area (Å²) in [5.41, 5.74) is 0.554. The van der Waals surface area contributed by atoms with E-state index in [1.807, 2.05) is 0 Å². The average Bonchev–Trinajstić information content (AvgIpc) is 2.61. The van der Waals surface area contributed by atoms with Gasteiger partial charge < -0.3 is 0 Å². The fourth-order valence-corrected chi connectivity index (χ4v) is 3.46. The van der Waals surface area contributed by atoms with Crippen molar-refractivity contribution < 1.29 is 36.0 Å². The number of alkyl halides is 3. The lowest BCUT2D eigenvalue weighted by Crippen LogP contribution is -2.33. The minimum atomic E-state index is -4.62. The normalized spacial score (nSPS) is 13.2. The molecule has 0 aliphatic rings. The summed E-state index contributed by atoms with van der Waals surface area (Å²) in [6.45, 7) is 0. The van der Waals surface area contributed by atoms with Crippen LogP contribution in [-0.2, 0) is 21.0 Å². The van der Waals surface area contributed by atoms with Gasteiger partial charge in [-0.25, -0.2) is 23.0 Å². The smallest absolute Gasteiger partial charge is 0.289 e. The van der Waals surface area contributed by atoms with E-state index in [-0.39, 0.29) is 5.56 Å². The third-order valence-electron chi connectivity index (χ3n) is 3.58. The number of sulfonamides is 1. The van der Waals surface area contributed by atoms with Gasteiger partial charge in [-0.05, 0) is 42.0 Å². The summed E-state index contributed by atoms with van der Waals surface area (Å²) in [4.78, 5) is 11.0. The van der Waals surface area contributed by atoms with E-state index in [9.17, 15) is 30.8 Å². The van der Waals surface area contributed by atoms with E-state index < -0.39 is 50.8 Å². The number of nitrogens with one attached hydrogen (secondary N) is 2. The molecule has 11 heteroatoms. The SMILES string of the molecule is O=C(CC(NS(=O)(=O)c1ccc(C(F)(F)F)cc1)c1ccc(F)cc1)NO. The minimum Gasteiger partial charge on any atom is -0.289 e. The quantitative estimate of drug-likeness (QED) is 0.391. The summed E-state index contributed by atoms with van der Waals surface area (Å²) in [6.07, 6.45) is -5.15. The van der Waals surface area contributed by atoms with Crippen LogP contribution in [0.1, 0.15) is 23.6 Å². The molecule has 146 valence electrons. The number of hydrogen-bond acceptors (Lipinski definition) is 4. The number of hydroxylamine groups is 1. The van der Waals surface area contributed by atoms with Crippen LogP contribution >= 0.6 is 0 Å². The van der Waals surface area contributed by atoms with Crippen LogP contribution in [0.2, 0.25) is 0 Å². The standard InChI is InChI=1S/C16H14F4N2O4S/c17-12-5-1-10(2-6-12)14(9-15(23)21-24)22-27(25,26)13-7-3-11(4-8-13)16(18,19)20/h1-8,14,22,24H,9H2,(H,21,23). The van der Waals surface area contributed by atoms with Crippen molar-refractivity contribution in [2.75, 3.05) is 0 Å². The predicted octanol–water partition coefficient (Wildman–Crippen LogP) is 2.76. The Hall–Kier alpha value is -2.50. The third kappa shape index (κ3) is 5.49. The Labute approximate surface area is 151 Å². The molecular weight excluding hydrogens is 392 g/mol. The molecule has 6 nitrogen and oxygen atoms in total. The number of hydrogen-bond donors (Lipinski definition) is 3. The van der Waals surface area contributed by atoms with Gasteiger partial charge in [0.1, 0.15) is 5.82 Å². The molecule has 0 spiro atoms. The predicted molar refractivity (Wildman–Crippen MR) is 85.5 cm³/mol. The third-order valence-corrected chi connectivity index (χ3v) is 5.06. The van der Waals surface area contributed by atoms with E-state index in [2.05, 4.69) is 4.72 Å². The lowest BCUT2D eigenvalue weighted by Gasteiger charge is -2.19. The summed E-state index contributed by atoms with van der Waals surface area (Å²) >= 11 is 0. The minimum absolute atomic E-state index is 0.218. The van der Waals surface area contributed by atoms with E-state index in [1.165, 1.54) is 17.6 Å². The molecule has 0 aliphatic heterocycles. The Bertz CT molecular complexity index is 898. The van der Waals surface area contributed by atoms with Crippen LogP contribution in [0.3, 0.4) is 0 Å². The lowest BCUT2D eigenvalue weighted by molar-refractivity contribution is -0.137. The van der Waals surface area contributed by atoms with Crippen molar-refractivity contribution in [3.63, 3.8) is 0 Å². The molecule has 2 aromatic carbocycles. The van der Waals surface area contributed by atoms with E-state index >= 15 is 0 Å². The van der Waals surface area contributed by atoms with Gasteiger partial charge in [-0.1, -0.05) is 12.1 Å². The molecular formula is C16H14F4N2O4S. The van der Waals surface area contributed by atoms with Crippen LogP contribution in [-0.4, -0.2) is 19.5 Å². The summed E-state index contributed by atoms with van der Waals surface area (Å²) in [5.74, 6) is -1.51. The molecule has 0 bridgehead atoms. The molecule has 0 heterocycles. The molecule has 1 unspecified atom stereocenters. The average molecular weight is 406 g/mol. The van der Waals surface area contributed by atoms with Gasteiger partial charge in [0, 0.05) is 6.42 Å². The van der Waals surface area contributed by atoms with Crippen LogP contribution in [0.5, 0.6) is 0 Å². The first-order valence-corrected chi connectivity index (χ1v) is 8.89. The maximum absolute atomic E-state index is 13.1. The van der Waals surface area contributed by atoms with E-state index in [1.54, 1.807) is 0 Å². The van der Waals surface area contributed by atoms with Gasteiger partial charge in [-0.2, -0.15) is 13.2 Å². The second-order valence-electron chi connectivity index (χ2n) is 5.49. The zero-order valence-corrected chi connectivity index (χ0v) is 14.3. The van der Waals surface area contributed by atoms with Gasteiger partial charge in [0.2, 0.25) is 15.9 Å². The van der Waals surface area contributed by atoms with Gasteiger partial charge in [-0.3, -0.25) is 10.0 Å². The first-order chi connectivity index (χ1) is 12.5. The zero-order chi connectivity index (χ0) is 20.2. The fourth-order valence-electron chi connectivity index (χ4n) is 2.23. The summed E-state index contributed by atoms with van der Waals surface area (Å²) in [7, 11) is -4.31. The van der Waals surface area contributed by atoms with Crippen molar-refractivity contribution in [1.82, 2.24) is 10.2 Å². The van der Waals surface area contributed by atoms with Gasteiger partial charge >= 0.3 is 6.18 Å². The van der Waals surface area contributed by atoms with Crippen molar-refractivity contribution in [3.05, 3.63) is 65.5 Å². The lowest BCUT2D eigenvalue weighted by atomic mass is 10.0. The highest BCUT2D eigenvalue weighted by molar-refractivity contribution is 7.89. The van der Waals surface area contributed by atoms with Crippen LogP contribution in [0, 0.1) is 5.82 Å². The van der Waals surface area contributed by atoms with Gasteiger partial charge in [0.05, 0.1) is 16.5 Å². The van der Waals surface area contributed by atoms with E-state index in [0.717, 1.165) is 24.3 Å². The van der Waals surface area contributed by atoms with Crippen LogP contribution in [0.4, 0.5) is 17.6 Å². The number of rotatable bonds is 6. The van der Waals surface area contributed by atoms with Crippen molar-refractivity contribution in [3.8, 4) is 0 Å². The molecule has 0 aromatic heterocycles. The number of amides is 1. The molecule has 0 saturated heterocycles. The first kappa shape index (κ1) is 20.8. The topological polar surface area (TPSA) is 95.5 Å². The Morgan fingerprint density at radius 2 is 1.59 bits per heavy atom. The first-order valence-electron chi connectivity index (χ1n) is 7.41. The molecule has 3 N–H and O–H groups in total. The van der Waals surface area contributed by atoms with E-state index in [4.69, 9.17) is 5.21 Å². The van der Waals surface area contributed by atoms with Gasteiger partial charge in [-0.15, -0.1) is 0 Å². The zero-order valence-electron chi connectivity index (χ0n) is 13.5. The fraction of sp³-hybridized carbons (Fsp3) is 0.188. The van der Waals surface area contributed by atoms with Crippen LogP contribution in [0.25, 0.3) is 0 Å². The highest BCUT2D eigenvalue weighted by Crippen LogP contribution is 2.30. The summed E-state index contributed by atoms with van der Waals surface area (Å²) < 4.78 is 77.9. The Morgan fingerprint density at radius 1 is 1.04 bits per heavy atom. The van der Waals surface area contributed by atoms with E-state index in [0.29, 0.717) is 12.1 Å². The number of benzene rings is 2. The maximum Gasteiger partial charge on any atom is 0.416 e. The maximum atomic E-state index is 13.1. The van der Waals surface area contributed by atoms with Crippen LogP contribution in [0.15, 0.2) is 53.4 Å².